The zero-order valence-corrected chi connectivity index (χ0v) is 11.1. The fraction of sp³-hybridized carbons (Fsp3) is 0.462. The summed E-state index contributed by atoms with van der Waals surface area (Å²) in [4.78, 5) is 11.0. The Bertz CT molecular complexity index is 466. The molecule has 0 saturated carbocycles. The summed E-state index contributed by atoms with van der Waals surface area (Å²) in [6.07, 6.45) is 0. The lowest BCUT2D eigenvalue weighted by atomic mass is 10.0. The van der Waals surface area contributed by atoms with Crippen LogP contribution in [0.1, 0.15) is 19.4 Å². The van der Waals surface area contributed by atoms with E-state index in [0.717, 1.165) is 12.1 Å². The molecule has 0 fully saturated rings. The number of halogens is 3. The number of hydrogen-bond acceptors (Lipinski definition) is 3. The molecule has 0 bridgehead atoms. The first-order chi connectivity index (χ1) is 9.31. The van der Waals surface area contributed by atoms with Gasteiger partial charge in [-0.2, -0.15) is 8.78 Å². The molecule has 0 aromatic heterocycles. The largest absolute Gasteiger partial charge is 0.480 e. The Morgan fingerprint density at radius 1 is 1.40 bits per heavy atom. The molecule has 1 atom stereocenters. The van der Waals surface area contributed by atoms with Gasteiger partial charge in [-0.25, -0.2) is 4.39 Å². The molecule has 1 rings (SSSR count). The number of hydrogen-bond donors (Lipinski definition) is 2. The first-order valence-electron chi connectivity index (χ1n) is 6.00. The first kappa shape index (κ1) is 16.3. The predicted molar refractivity (Wildman–Crippen MR) is 66.1 cm³/mol. The minimum atomic E-state index is -3.09. The van der Waals surface area contributed by atoms with E-state index in [-0.39, 0.29) is 12.5 Å². The molecule has 0 amide bonds. The van der Waals surface area contributed by atoms with Crippen LogP contribution in [0.15, 0.2) is 18.2 Å². The quantitative estimate of drug-likeness (QED) is 0.811. The fourth-order valence-electron chi connectivity index (χ4n) is 1.68. The van der Waals surface area contributed by atoms with Crippen LogP contribution in [-0.2, 0) is 11.3 Å². The molecule has 1 aromatic rings. The lowest BCUT2D eigenvalue weighted by Crippen LogP contribution is -2.40. The summed E-state index contributed by atoms with van der Waals surface area (Å²) < 4.78 is 41.4. The Balaban J connectivity index is 2.69. The first-order valence-corrected chi connectivity index (χ1v) is 6.00. The third-order valence-corrected chi connectivity index (χ3v) is 2.67. The Morgan fingerprint density at radius 3 is 2.50 bits per heavy atom. The van der Waals surface area contributed by atoms with Crippen LogP contribution in [-0.4, -0.2) is 23.7 Å². The smallest absolute Gasteiger partial charge is 0.387 e. The fourth-order valence-corrected chi connectivity index (χ4v) is 1.68. The van der Waals surface area contributed by atoms with E-state index in [1.165, 1.54) is 6.07 Å². The van der Waals surface area contributed by atoms with Crippen LogP contribution in [0, 0.1) is 11.7 Å². The van der Waals surface area contributed by atoms with Crippen molar-refractivity contribution < 1.29 is 27.8 Å². The molecule has 20 heavy (non-hydrogen) atoms. The molecule has 0 unspecified atom stereocenters. The highest BCUT2D eigenvalue weighted by atomic mass is 19.3. The number of carbonyl (C=O) groups is 1. The summed E-state index contributed by atoms with van der Waals surface area (Å²) in [5, 5.41) is 11.7. The van der Waals surface area contributed by atoms with Gasteiger partial charge in [-0.1, -0.05) is 19.9 Å². The van der Waals surface area contributed by atoms with E-state index >= 15 is 0 Å². The van der Waals surface area contributed by atoms with E-state index in [9.17, 15) is 18.0 Å². The molecular weight excluding hydrogens is 275 g/mol. The highest BCUT2D eigenvalue weighted by molar-refractivity contribution is 5.73. The van der Waals surface area contributed by atoms with Crippen molar-refractivity contribution in [3.8, 4) is 5.75 Å². The zero-order valence-electron chi connectivity index (χ0n) is 11.1. The number of alkyl halides is 2. The number of nitrogens with one attached hydrogen (secondary N) is 1. The van der Waals surface area contributed by atoms with Crippen molar-refractivity contribution in [1.82, 2.24) is 5.32 Å². The maximum absolute atomic E-state index is 13.4. The van der Waals surface area contributed by atoms with Crippen molar-refractivity contribution in [2.24, 2.45) is 5.92 Å². The number of benzene rings is 1. The number of aliphatic carboxylic acids is 1. The summed E-state index contributed by atoms with van der Waals surface area (Å²) in [6, 6.07) is 2.75. The van der Waals surface area contributed by atoms with Gasteiger partial charge in [0.2, 0.25) is 0 Å². The minimum absolute atomic E-state index is 0.112. The molecule has 1 aromatic carbocycles. The van der Waals surface area contributed by atoms with Gasteiger partial charge in [0, 0.05) is 6.54 Å². The maximum Gasteiger partial charge on any atom is 0.387 e. The van der Waals surface area contributed by atoms with Gasteiger partial charge in [0.1, 0.15) is 6.04 Å². The molecule has 0 saturated heterocycles. The van der Waals surface area contributed by atoms with Crippen molar-refractivity contribution in [3.63, 3.8) is 0 Å². The molecule has 4 nitrogen and oxygen atoms in total. The van der Waals surface area contributed by atoms with Crippen LogP contribution in [0.5, 0.6) is 5.75 Å². The highest BCUT2D eigenvalue weighted by Crippen LogP contribution is 2.20. The van der Waals surface area contributed by atoms with Gasteiger partial charge in [0.25, 0.3) is 0 Å². The van der Waals surface area contributed by atoms with E-state index in [0.29, 0.717) is 5.56 Å². The molecule has 0 heterocycles. The van der Waals surface area contributed by atoms with Gasteiger partial charge >= 0.3 is 12.6 Å². The van der Waals surface area contributed by atoms with Gasteiger partial charge in [-0.05, 0) is 23.6 Å². The Morgan fingerprint density at radius 2 is 2.05 bits per heavy atom. The van der Waals surface area contributed by atoms with Crippen LogP contribution in [0.2, 0.25) is 0 Å². The second kappa shape index (κ2) is 7.14. The Hall–Kier alpha value is -1.76. The van der Waals surface area contributed by atoms with Crippen molar-refractivity contribution in [1.29, 1.82) is 0 Å². The summed E-state index contributed by atoms with van der Waals surface area (Å²) in [5.41, 5.74) is 0.441. The van der Waals surface area contributed by atoms with Gasteiger partial charge in [-0.15, -0.1) is 0 Å². The van der Waals surface area contributed by atoms with Gasteiger partial charge in [-0.3, -0.25) is 4.79 Å². The number of carboxylic acids is 1. The molecule has 0 radical (unpaired) electrons. The van der Waals surface area contributed by atoms with Crippen molar-refractivity contribution in [2.75, 3.05) is 0 Å². The van der Waals surface area contributed by atoms with E-state index < -0.39 is 30.2 Å². The third kappa shape index (κ3) is 4.73. The Kier molecular flexibility index (Phi) is 5.82. The number of rotatable bonds is 7. The van der Waals surface area contributed by atoms with E-state index in [1.807, 2.05) is 0 Å². The lowest BCUT2D eigenvalue weighted by molar-refractivity contribution is -0.140. The average molecular weight is 291 g/mol. The number of carboxylic acid groups (broad SMARTS) is 1. The average Bonchev–Trinajstić information content (AvgIpc) is 2.31. The number of ether oxygens (including phenoxy) is 1. The normalized spacial score (nSPS) is 12.8. The molecule has 112 valence electrons. The van der Waals surface area contributed by atoms with Crippen molar-refractivity contribution in [2.45, 2.75) is 33.0 Å². The topological polar surface area (TPSA) is 58.6 Å². The van der Waals surface area contributed by atoms with Crippen molar-refractivity contribution in [3.05, 3.63) is 29.6 Å². The Labute approximate surface area is 114 Å². The molecular formula is C13H16F3NO3. The van der Waals surface area contributed by atoms with Crippen LogP contribution >= 0.6 is 0 Å². The monoisotopic (exact) mass is 291 g/mol. The SMILES string of the molecule is CC(C)[C@H](NCc1ccc(OC(F)F)c(F)c1)C(=O)O. The van der Waals surface area contributed by atoms with Gasteiger partial charge < -0.3 is 15.2 Å². The van der Waals surface area contributed by atoms with Crippen LogP contribution in [0.3, 0.4) is 0 Å². The second-order valence-electron chi connectivity index (χ2n) is 4.58. The molecule has 7 heteroatoms. The van der Waals surface area contributed by atoms with Crippen LogP contribution < -0.4 is 10.1 Å². The summed E-state index contributed by atoms with van der Waals surface area (Å²) in [5.74, 6) is -2.60. The maximum atomic E-state index is 13.4. The third-order valence-electron chi connectivity index (χ3n) is 2.67. The molecule has 0 spiro atoms. The lowest BCUT2D eigenvalue weighted by Gasteiger charge is -2.18. The zero-order chi connectivity index (χ0) is 15.3. The van der Waals surface area contributed by atoms with Crippen LogP contribution in [0.25, 0.3) is 0 Å². The minimum Gasteiger partial charge on any atom is -0.480 e. The van der Waals surface area contributed by atoms with E-state index in [1.54, 1.807) is 13.8 Å². The summed E-state index contributed by atoms with van der Waals surface area (Å²) in [6.45, 7) is 0.504. The van der Waals surface area contributed by atoms with Gasteiger partial charge in [0.05, 0.1) is 0 Å². The summed E-state index contributed by atoms with van der Waals surface area (Å²) in [7, 11) is 0. The molecule has 2 N–H and O–H groups in total. The molecule has 0 aliphatic heterocycles. The second-order valence-corrected chi connectivity index (χ2v) is 4.58. The predicted octanol–water partition coefficient (Wildman–Crippen LogP) is 2.63. The molecule has 0 aliphatic rings. The van der Waals surface area contributed by atoms with E-state index in [4.69, 9.17) is 5.11 Å². The highest BCUT2D eigenvalue weighted by Gasteiger charge is 2.20. The van der Waals surface area contributed by atoms with Crippen molar-refractivity contribution >= 4 is 5.97 Å². The van der Waals surface area contributed by atoms with E-state index in [2.05, 4.69) is 10.1 Å². The standard InChI is InChI=1S/C13H16F3NO3/c1-7(2)11(12(18)19)17-6-8-3-4-10(9(14)5-8)20-13(15)16/h3-5,7,11,13,17H,6H2,1-2H3,(H,18,19)/t11-/m0/s1. The van der Waals surface area contributed by atoms with Crippen LogP contribution in [0.4, 0.5) is 13.2 Å². The van der Waals surface area contributed by atoms with Gasteiger partial charge in [0.15, 0.2) is 11.6 Å². The molecule has 0 aliphatic carbocycles. The summed E-state index contributed by atoms with van der Waals surface area (Å²) >= 11 is 0.